The van der Waals surface area contributed by atoms with E-state index in [1.807, 2.05) is 57.2 Å². The molecule has 0 aliphatic carbocycles. The lowest BCUT2D eigenvalue weighted by Gasteiger charge is -2.33. The largest absolute Gasteiger partial charge is 0.453 e. The number of amides is 2. The van der Waals surface area contributed by atoms with Gasteiger partial charge in [-0.15, -0.1) is 0 Å². The molecule has 1 N–H and O–H groups in total. The van der Waals surface area contributed by atoms with Crippen LogP contribution in [0.1, 0.15) is 71.1 Å². The maximum Gasteiger partial charge on any atom is 0.417 e. The molecule has 266 valence electrons. The average molecular weight is 680 g/mol. The van der Waals surface area contributed by atoms with E-state index in [1.165, 1.54) is 6.92 Å². The van der Waals surface area contributed by atoms with E-state index >= 15 is 0 Å². The topological polar surface area (TPSA) is 146 Å². The summed E-state index contributed by atoms with van der Waals surface area (Å²) in [4.78, 5) is 67.2. The van der Waals surface area contributed by atoms with Crippen LogP contribution >= 0.6 is 0 Å². The van der Waals surface area contributed by atoms with Crippen LogP contribution in [0, 0.1) is 18.8 Å². The van der Waals surface area contributed by atoms with Crippen molar-refractivity contribution >= 4 is 35.1 Å². The van der Waals surface area contributed by atoms with E-state index in [9.17, 15) is 29.1 Å². The van der Waals surface area contributed by atoms with Crippen LogP contribution < -0.4 is 0 Å². The number of esters is 1. The highest BCUT2D eigenvalue weighted by molar-refractivity contribution is 6.25. The Balaban J connectivity index is 1.75. The molecule has 3 rings (SSSR count). The van der Waals surface area contributed by atoms with Gasteiger partial charge in [-0.3, -0.25) is 19.2 Å². The van der Waals surface area contributed by atoms with Crippen molar-refractivity contribution in [2.24, 2.45) is 11.8 Å². The molecule has 1 heterocycles. The standard InChI is InChI=1S/C38H49NO10/c1-24(2)35-38(6,7)49-37(45)39(35)36(44)26(4)34(48-27(5)41)33(43)20-31(29-16-11-13-25(3)19-29)32(42)17-12-18-46-23-30(21-40)47-22-28-14-9-8-10-15-28/h8-11,13-16,19-20,24,26,30,34-35,40H,12,17-18,21-23H2,1-7H3. The number of carbonyl (C=O) groups is 5. The first kappa shape index (κ1) is 39.3. The van der Waals surface area contributed by atoms with Crippen molar-refractivity contribution in [3.05, 3.63) is 77.4 Å². The van der Waals surface area contributed by atoms with Gasteiger partial charge in [-0.2, -0.15) is 0 Å². The number of aryl methyl sites for hydroxylation is 1. The second kappa shape index (κ2) is 18.0. The maximum atomic E-state index is 13.8. The molecule has 1 aliphatic rings. The zero-order valence-corrected chi connectivity index (χ0v) is 29.5. The molecule has 4 unspecified atom stereocenters. The summed E-state index contributed by atoms with van der Waals surface area (Å²) in [5.74, 6) is -4.08. The zero-order valence-electron chi connectivity index (χ0n) is 29.5. The van der Waals surface area contributed by atoms with Crippen molar-refractivity contribution in [3.63, 3.8) is 0 Å². The number of aliphatic hydroxyl groups is 1. The third-order valence-electron chi connectivity index (χ3n) is 8.27. The Labute approximate surface area is 288 Å². The lowest BCUT2D eigenvalue weighted by molar-refractivity contribution is -0.158. The number of nitrogens with zero attached hydrogens (tertiary/aromatic N) is 1. The van der Waals surface area contributed by atoms with Gasteiger partial charge >= 0.3 is 12.1 Å². The van der Waals surface area contributed by atoms with Crippen molar-refractivity contribution in [2.45, 2.75) is 91.8 Å². The van der Waals surface area contributed by atoms with Gasteiger partial charge in [0.15, 0.2) is 17.7 Å². The summed E-state index contributed by atoms with van der Waals surface area (Å²) < 4.78 is 22.3. The van der Waals surface area contributed by atoms with Crippen LogP contribution in [0.15, 0.2) is 60.7 Å². The Morgan fingerprint density at radius 2 is 1.73 bits per heavy atom. The molecule has 49 heavy (non-hydrogen) atoms. The molecule has 2 amide bonds. The fraction of sp³-hybridized carbons (Fsp3) is 0.500. The van der Waals surface area contributed by atoms with E-state index < -0.39 is 53.5 Å². The van der Waals surface area contributed by atoms with Gasteiger partial charge in [-0.05, 0) is 57.2 Å². The van der Waals surface area contributed by atoms with Gasteiger partial charge in [0.05, 0.1) is 31.8 Å². The zero-order chi connectivity index (χ0) is 36.3. The molecular weight excluding hydrogens is 630 g/mol. The summed E-state index contributed by atoms with van der Waals surface area (Å²) in [7, 11) is 0. The van der Waals surface area contributed by atoms with Crippen LogP contribution in [0.5, 0.6) is 0 Å². The molecular formula is C38H49NO10. The quantitative estimate of drug-likeness (QED) is 0.126. The van der Waals surface area contributed by atoms with Gasteiger partial charge in [0.1, 0.15) is 11.7 Å². The number of Topliss-reactive ketones (excluding diaryl/α,β-unsaturated/α-hetero) is 1. The Kier molecular flexibility index (Phi) is 14.4. The van der Waals surface area contributed by atoms with E-state index in [-0.39, 0.29) is 43.5 Å². The molecule has 0 bridgehead atoms. The molecule has 1 saturated heterocycles. The van der Waals surface area contributed by atoms with E-state index in [2.05, 4.69) is 0 Å². The highest BCUT2D eigenvalue weighted by Crippen LogP contribution is 2.35. The van der Waals surface area contributed by atoms with Crippen LogP contribution in [0.3, 0.4) is 0 Å². The van der Waals surface area contributed by atoms with Crippen LogP contribution in [0.25, 0.3) is 5.57 Å². The van der Waals surface area contributed by atoms with Crippen molar-refractivity contribution < 1.29 is 48.0 Å². The predicted molar refractivity (Wildman–Crippen MR) is 182 cm³/mol. The molecule has 4 atom stereocenters. The lowest BCUT2D eigenvalue weighted by Crippen LogP contribution is -2.52. The summed E-state index contributed by atoms with van der Waals surface area (Å²) in [6.45, 7) is 11.9. The van der Waals surface area contributed by atoms with E-state index in [0.717, 1.165) is 29.0 Å². The first-order valence-corrected chi connectivity index (χ1v) is 16.6. The Morgan fingerprint density at radius 3 is 2.35 bits per heavy atom. The maximum absolute atomic E-state index is 13.8. The number of hydrogen-bond acceptors (Lipinski definition) is 10. The summed E-state index contributed by atoms with van der Waals surface area (Å²) in [5, 5.41) is 9.68. The minimum Gasteiger partial charge on any atom is -0.453 e. The molecule has 0 radical (unpaired) electrons. The van der Waals surface area contributed by atoms with Crippen molar-refractivity contribution in [3.8, 4) is 0 Å². The second-order valence-electron chi connectivity index (χ2n) is 13.2. The Hall–Kier alpha value is -4.19. The smallest absolute Gasteiger partial charge is 0.417 e. The summed E-state index contributed by atoms with van der Waals surface area (Å²) in [6, 6.07) is 16.0. The second-order valence-corrected chi connectivity index (χ2v) is 13.2. The van der Waals surface area contributed by atoms with Gasteiger partial charge in [-0.25, -0.2) is 9.69 Å². The van der Waals surface area contributed by atoms with Gasteiger partial charge in [0.25, 0.3) is 0 Å². The number of rotatable bonds is 18. The normalized spacial score (nSPS) is 17.7. The Morgan fingerprint density at radius 1 is 1.04 bits per heavy atom. The number of cyclic esters (lactones) is 1. The SMILES string of the molecule is CC(=O)OC(C(=O)C=C(C(=O)CCCOCC(CO)OCc1ccccc1)c1cccc(C)c1)C(C)C(=O)N1C(=O)OC(C)(C)C1C(C)C. The number of carbonyl (C=O) groups excluding carboxylic acids is 5. The molecule has 0 aromatic heterocycles. The first-order valence-electron chi connectivity index (χ1n) is 16.6. The highest BCUT2D eigenvalue weighted by atomic mass is 16.6. The number of benzene rings is 2. The van der Waals surface area contributed by atoms with E-state index in [0.29, 0.717) is 18.6 Å². The number of ketones is 2. The van der Waals surface area contributed by atoms with Crippen molar-refractivity contribution in [1.29, 1.82) is 0 Å². The summed E-state index contributed by atoms with van der Waals surface area (Å²) in [5.41, 5.74) is 1.43. The monoisotopic (exact) mass is 679 g/mol. The molecule has 0 spiro atoms. The van der Waals surface area contributed by atoms with Crippen molar-refractivity contribution in [1.82, 2.24) is 4.90 Å². The predicted octanol–water partition coefficient (Wildman–Crippen LogP) is 5.24. The summed E-state index contributed by atoms with van der Waals surface area (Å²) >= 11 is 0. The van der Waals surface area contributed by atoms with Crippen LogP contribution in [-0.2, 0) is 44.7 Å². The van der Waals surface area contributed by atoms with Gasteiger partial charge in [0.2, 0.25) is 5.91 Å². The van der Waals surface area contributed by atoms with Crippen LogP contribution in [0.2, 0.25) is 0 Å². The highest BCUT2D eigenvalue weighted by Gasteiger charge is 2.53. The molecule has 0 saturated carbocycles. The first-order chi connectivity index (χ1) is 23.2. The van der Waals surface area contributed by atoms with Gasteiger partial charge in [0, 0.05) is 25.5 Å². The molecule has 1 fully saturated rings. The van der Waals surface area contributed by atoms with Crippen molar-refractivity contribution in [2.75, 3.05) is 19.8 Å². The minimum absolute atomic E-state index is 0.0270. The molecule has 11 nitrogen and oxygen atoms in total. The third kappa shape index (κ3) is 10.9. The fourth-order valence-corrected chi connectivity index (χ4v) is 6.01. The lowest BCUT2D eigenvalue weighted by atomic mass is 9.87. The molecule has 2 aromatic rings. The molecule has 2 aromatic carbocycles. The minimum atomic E-state index is -1.60. The van der Waals surface area contributed by atoms with Gasteiger partial charge < -0.3 is 24.1 Å². The molecule has 11 heteroatoms. The van der Waals surface area contributed by atoms with E-state index in [1.54, 1.807) is 32.0 Å². The summed E-state index contributed by atoms with van der Waals surface area (Å²) in [6.07, 6.45) is -1.52. The third-order valence-corrected chi connectivity index (χ3v) is 8.27. The fourth-order valence-electron chi connectivity index (χ4n) is 6.01. The number of hydrogen-bond donors (Lipinski definition) is 1. The van der Waals surface area contributed by atoms with Crippen LogP contribution in [-0.4, -0.2) is 83.2 Å². The van der Waals surface area contributed by atoms with Crippen LogP contribution in [0.4, 0.5) is 4.79 Å². The van der Waals surface area contributed by atoms with E-state index in [4.69, 9.17) is 18.9 Å². The number of aliphatic hydroxyl groups excluding tert-OH is 1. The number of allylic oxidation sites excluding steroid dienone is 1. The average Bonchev–Trinajstić information content (AvgIpc) is 3.30. The molecule has 1 aliphatic heterocycles. The van der Waals surface area contributed by atoms with Gasteiger partial charge in [-0.1, -0.05) is 74.0 Å². The number of ether oxygens (including phenoxy) is 4. The Bertz CT molecular complexity index is 1500. The number of imide groups is 1.